The van der Waals surface area contributed by atoms with Crippen LogP contribution in [0.25, 0.3) is 0 Å². The molecule has 0 aromatic heterocycles. The van der Waals surface area contributed by atoms with E-state index in [1.807, 2.05) is 19.1 Å². The van der Waals surface area contributed by atoms with Gasteiger partial charge in [0.1, 0.15) is 11.9 Å². The molecule has 0 spiro atoms. The number of benzene rings is 2. The molecule has 3 N–H and O–H groups in total. The maximum absolute atomic E-state index is 13.6. The molecule has 0 bridgehead atoms. The van der Waals surface area contributed by atoms with E-state index in [-0.39, 0.29) is 5.82 Å². The molecule has 0 radical (unpaired) electrons. The molecular formula is C14H12FN3. The van der Waals surface area contributed by atoms with Gasteiger partial charge in [0.25, 0.3) is 0 Å². The summed E-state index contributed by atoms with van der Waals surface area (Å²) in [5, 5.41) is 11.7. The fourth-order valence-electron chi connectivity index (χ4n) is 1.68. The Morgan fingerprint density at radius 3 is 2.67 bits per heavy atom. The number of para-hydroxylation sites is 1. The molecule has 0 saturated carbocycles. The molecule has 2 rings (SSSR count). The summed E-state index contributed by atoms with van der Waals surface area (Å²) >= 11 is 0. The maximum Gasteiger partial charge on any atom is 0.146 e. The number of nitrogens with zero attached hydrogens (tertiary/aromatic N) is 1. The van der Waals surface area contributed by atoms with Crippen molar-refractivity contribution in [3.8, 4) is 6.07 Å². The number of hydrogen-bond acceptors (Lipinski definition) is 3. The summed E-state index contributed by atoms with van der Waals surface area (Å²) in [6.07, 6.45) is 0. The van der Waals surface area contributed by atoms with Gasteiger partial charge in [0, 0.05) is 5.69 Å². The number of aryl methyl sites for hydroxylation is 1. The van der Waals surface area contributed by atoms with Crippen LogP contribution in [0.5, 0.6) is 0 Å². The SMILES string of the molecule is Cc1cccc(F)c1Nc1ccc(C#N)c(N)c1. The molecule has 0 unspecified atom stereocenters. The summed E-state index contributed by atoms with van der Waals surface area (Å²) in [5.74, 6) is -0.321. The highest BCUT2D eigenvalue weighted by Crippen LogP contribution is 2.25. The average molecular weight is 241 g/mol. The fourth-order valence-corrected chi connectivity index (χ4v) is 1.68. The van der Waals surface area contributed by atoms with Crippen LogP contribution in [0, 0.1) is 24.1 Å². The number of nitrogen functional groups attached to an aromatic ring is 1. The fraction of sp³-hybridized carbons (Fsp3) is 0.0714. The van der Waals surface area contributed by atoms with Gasteiger partial charge in [-0.3, -0.25) is 0 Å². The molecule has 0 heterocycles. The quantitative estimate of drug-likeness (QED) is 0.793. The number of nitriles is 1. The number of hydrogen-bond donors (Lipinski definition) is 2. The average Bonchev–Trinajstić information content (AvgIpc) is 2.34. The molecule has 0 aliphatic carbocycles. The summed E-state index contributed by atoms with van der Waals surface area (Å²) in [6.45, 7) is 1.82. The van der Waals surface area contributed by atoms with Crippen LogP contribution in [0.15, 0.2) is 36.4 Å². The molecule has 2 aromatic rings. The third kappa shape index (κ3) is 2.25. The molecule has 0 saturated heterocycles. The second kappa shape index (κ2) is 4.76. The van der Waals surface area contributed by atoms with Gasteiger partial charge in [0.2, 0.25) is 0 Å². The highest BCUT2D eigenvalue weighted by Gasteiger charge is 2.06. The lowest BCUT2D eigenvalue weighted by Crippen LogP contribution is -1.98. The zero-order valence-corrected chi connectivity index (χ0v) is 9.87. The lowest BCUT2D eigenvalue weighted by Gasteiger charge is -2.11. The Kier molecular flexibility index (Phi) is 3.16. The molecule has 0 atom stereocenters. The second-order valence-electron chi connectivity index (χ2n) is 3.97. The summed E-state index contributed by atoms with van der Waals surface area (Å²) in [5.41, 5.74) is 8.36. The number of nitrogens with two attached hydrogens (primary N) is 1. The zero-order valence-electron chi connectivity index (χ0n) is 9.87. The Balaban J connectivity index is 2.35. The molecule has 90 valence electrons. The Morgan fingerprint density at radius 2 is 2.06 bits per heavy atom. The minimum atomic E-state index is -0.321. The zero-order chi connectivity index (χ0) is 13.1. The van der Waals surface area contributed by atoms with Crippen molar-refractivity contribution in [1.82, 2.24) is 0 Å². The van der Waals surface area contributed by atoms with Gasteiger partial charge in [-0.2, -0.15) is 5.26 Å². The normalized spacial score (nSPS) is 9.83. The van der Waals surface area contributed by atoms with Gasteiger partial charge in [0.15, 0.2) is 0 Å². The van der Waals surface area contributed by atoms with Crippen molar-refractivity contribution in [2.75, 3.05) is 11.1 Å². The highest BCUT2D eigenvalue weighted by molar-refractivity contribution is 5.69. The monoisotopic (exact) mass is 241 g/mol. The predicted octanol–water partition coefficient (Wildman–Crippen LogP) is 3.33. The highest BCUT2D eigenvalue weighted by atomic mass is 19.1. The van der Waals surface area contributed by atoms with E-state index in [1.54, 1.807) is 24.3 Å². The van der Waals surface area contributed by atoms with Crippen molar-refractivity contribution in [2.45, 2.75) is 6.92 Å². The minimum Gasteiger partial charge on any atom is -0.398 e. The largest absolute Gasteiger partial charge is 0.398 e. The van der Waals surface area contributed by atoms with E-state index in [0.29, 0.717) is 22.6 Å². The standard InChI is InChI=1S/C14H12FN3/c1-9-3-2-4-12(15)14(9)18-11-6-5-10(8-16)13(17)7-11/h2-7,18H,17H2,1H3. The van der Waals surface area contributed by atoms with Crippen molar-refractivity contribution in [3.63, 3.8) is 0 Å². The van der Waals surface area contributed by atoms with Gasteiger partial charge < -0.3 is 11.1 Å². The van der Waals surface area contributed by atoms with E-state index in [2.05, 4.69) is 5.32 Å². The van der Waals surface area contributed by atoms with Gasteiger partial charge in [-0.25, -0.2) is 4.39 Å². The minimum absolute atomic E-state index is 0.321. The van der Waals surface area contributed by atoms with Crippen molar-refractivity contribution in [3.05, 3.63) is 53.3 Å². The maximum atomic E-state index is 13.6. The molecule has 0 amide bonds. The molecule has 0 aliphatic rings. The predicted molar refractivity (Wildman–Crippen MR) is 70.0 cm³/mol. The van der Waals surface area contributed by atoms with Crippen LogP contribution >= 0.6 is 0 Å². The Labute approximate surface area is 105 Å². The summed E-state index contributed by atoms with van der Waals surface area (Å²) in [7, 11) is 0. The smallest absolute Gasteiger partial charge is 0.146 e. The van der Waals surface area contributed by atoms with Gasteiger partial charge >= 0.3 is 0 Å². The number of nitrogens with one attached hydrogen (secondary N) is 1. The molecule has 0 aliphatic heterocycles. The third-order valence-corrected chi connectivity index (χ3v) is 2.66. The van der Waals surface area contributed by atoms with Crippen molar-refractivity contribution in [2.24, 2.45) is 0 Å². The van der Waals surface area contributed by atoms with Crippen LogP contribution in [0.2, 0.25) is 0 Å². The number of halogens is 1. The van der Waals surface area contributed by atoms with Crippen LogP contribution in [-0.2, 0) is 0 Å². The first-order chi connectivity index (χ1) is 8.61. The first-order valence-corrected chi connectivity index (χ1v) is 5.43. The van der Waals surface area contributed by atoms with Crippen molar-refractivity contribution >= 4 is 17.1 Å². The summed E-state index contributed by atoms with van der Waals surface area (Å²) < 4.78 is 13.6. The van der Waals surface area contributed by atoms with Crippen molar-refractivity contribution < 1.29 is 4.39 Å². The second-order valence-corrected chi connectivity index (χ2v) is 3.97. The van der Waals surface area contributed by atoms with Crippen LogP contribution in [-0.4, -0.2) is 0 Å². The van der Waals surface area contributed by atoms with Crippen LogP contribution < -0.4 is 11.1 Å². The van der Waals surface area contributed by atoms with Gasteiger partial charge in [0.05, 0.1) is 16.9 Å². The number of anilines is 3. The Morgan fingerprint density at radius 1 is 1.28 bits per heavy atom. The van der Waals surface area contributed by atoms with E-state index >= 15 is 0 Å². The molecule has 0 fully saturated rings. The van der Waals surface area contributed by atoms with Crippen LogP contribution in [0.4, 0.5) is 21.5 Å². The van der Waals surface area contributed by atoms with Crippen molar-refractivity contribution in [1.29, 1.82) is 5.26 Å². The molecular weight excluding hydrogens is 229 g/mol. The first kappa shape index (κ1) is 11.9. The first-order valence-electron chi connectivity index (χ1n) is 5.43. The summed E-state index contributed by atoms with van der Waals surface area (Å²) in [4.78, 5) is 0. The van der Waals surface area contributed by atoms with E-state index in [1.165, 1.54) is 6.07 Å². The molecule has 18 heavy (non-hydrogen) atoms. The Bertz CT molecular complexity index is 609. The lowest BCUT2D eigenvalue weighted by molar-refractivity contribution is 0.631. The Hall–Kier alpha value is -2.54. The number of rotatable bonds is 2. The van der Waals surface area contributed by atoms with Gasteiger partial charge in [-0.05, 0) is 36.8 Å². The topological polar surface area (TPSA) is 61.8 Å². The van der Waals surface area contributed by atoms with E-state index in [4.69, 9.17) is 11.0 Å². The summed E-state index contributed by atoms with van der Waals surface area (Å²) in [6, 6.07) is 11.8. The van der Waals surface area contributed by atoms with Gasteiger partial charge in [-0.15, -0.1) is 0 Å². The molecule has 2 aromatic carbocycles. The molecule has 4 heteroatoms. The van der Waals surface area contributed by atoms with E-state index in [0.717, 1.165) is 5.56 Å². The van der Waals surface area contributed by atoms with Crippen LogP contribution in [0.1, 0.15) is 11.1 Å². The lowest BCUT2D eigenvalue weighted by atomic mass is 10.1. The van der Waals surface area contributed by atoms with Gasteiger partial charge in [-0.1, -0.05) is 12.1 Å². The molecule has 3 nitrogen and oxygen atoms in total. The third-order valence-electron chi connectivity index (χ3n) is 2.66. The van der Waals surface area contributed by atoms with Crippen LogP contribution in [0.3, 0.4) is 0 Å². The van der Waals surface area contributed by atoms with E-state index in [9.17, 15) is 4.39 Å². The van der Waals surface area contributed by atoms with E-state index < -0.39 is 0 Å².